The van der Waals surface area contributed by atoms with E-state index in [1.54, 1.807) is 0 Å². The van der Waals surface area contributed by atoms with Crippen LogP contribution in [0.2, 0.25) is 0 Å². The van der Waals surface area contributed by atoms with E-state index in [-0.39, 0.29) is 0 Å². The molecule has 21 heavy (non-hydrogen) atoms. The Morgan fingerprint density at radius 3 is 2.81 bits per heavy atom. The Bertz CT molecular complexity index is 458. The van der Waals surface area contributed by atoms with Crippen molar-refractivity contribution in [1.82, 2.24) is 4.90 Å². The summed E-state index contributed by atoms with van der Waals surface area (Å²) < 4.78 is 5.80. The van der Waals surface area contributed by atoms with Crippen LogP contribution in [0.1, 0.15) is 37.7 Å². The molecule has 1 saturated carbocycles. The van der Waals surface area contributed by atoms with Gasteiger partial charge in [0.2, 0.25) is 0 Å². The summed E-state index contributed by atoms with van der Waals surface area (Å²) >= 11 is 4.98. The minimum atomic E-state index is 0.412. The van der Waals surface area contributed by atoms with Gasteiger partial charge in [-0.2, -0.15) is 0 Å². The molecule has 0 aromatic heterocycles. The largest absolute Gasteiger partial charge is 0.492 e. The van der Waals surface area contributed by atoms with E-state index in [1.165, 1.54) is 38.6 Å². The lowest BCUT2D eigenvalue weighted by molar-refractivity contribution is 0.195. The van der Waals surface area contributed by atoms with Gasteiger partial charge < -0.3 is 15.4 Å². The molecule has 1 aliphatic rings. The van der Waals surface area contributed by atoms with Gasteiger partial charge in [-0.3, -0.25) is 0 Å². The van der Waals surface area contributed by atoms with E-state index in [4.69, 9.17) is 22.7 Å². The zero-order valence-corrected chi connectivity index (χ0v) is 13.7. The van der Waals surface area contributed by atoms with Crippen molar-refractivity contribution in [2.45, 2.75) is 32.1 Å². The van der Waals surface area contributed by atoms with Gasteiger partial charge in [0.25, 0.3) is 0 Å². The molecule has 1 aliphatic carbocycles. The predicted octanol–water partition coefficient (Wildman–Crippen LogP) is 3.21. The molecule has 0 radical (unpaired) electrons. The highest BCUT2D eigenvalue weighted by molar-refractivity contribution is 7.80. The second-order valence-electron chi connectivity index (χ2n) is 6.01. The van der Waals surface area contributed by atoms with E-state index in [0.717, 1.165) is 23.8 Å². The normalized spacial score (nSPS) is 16.1. The zero-order chi connectivity index (χ0) is 15.1. The second-order valence-corrected chi connectivity index (χ2v) is 6.45. The number of nitrogens with two attached hydrogens (primary N) is 1. The van der Waals surface area contributed by atoms with Gasteiger partial charge in [0.1, 0.15) is 17.3 Å². The fourth-order valence-electron chi connectivity index (χ4n) is 2.96. The van der Waals surface area contributed by atoms with Gasteiger partial charge in [0.15, 0.2) is 0 Å². The Kier molecular flexibility index (Phi) is 6.46. The van der Waals surface area contributed by atoms with Gasteiger partial charge in [-0.25, -0.2) is 0 Å². The first kappa shape index (κ1) is 16.2. The monoisotopic (exact) mass is 306 g/mol. The summed E-state index contributed by atoms with van der Waals surface area (Å²) in [6.45, 7) is 2.84. The van der Waals surface area contributed by atoms with Gasteiger partial charge in [-0.1, -0.05) is 43.6 Å². The molecule has 3 nitrogen and oxygen atoms in total. The fourth-order valence-corrected chi connectivity index (χ4v) is 3.09. The first-order valence-corrected chi connectivity index (χ1v) is 8.27. The van der Waals surface area contributed by atoms with Crippen molar-refractivity contribution in [1.29, 1.82) is 0 Å². The fraction of sp³-hybridized carbons (Fsp3) is 0.588. The molecule has 4 heteroatoms. The number of likely N-dealkylation sites (N-methyl/N-ethyl adjacent to an activating group) is 1. The van der Waals surface area contributed by atoms with Crippen LogP contribution in [0.25, 0.3) is 0 Å². The highest BCUT2D eigenvalue weighted by Crippen LogP contribution is 2.24. The number of nitrogens with zero attached hydrogens (tertiary/aromatic N) is 1. The van der Waals surface area contributed by atoms with Crippen molar-refractivity contribution >= 4 is 17.2 Å². The molecule has 1 aromatic rings. The summed E-state index contributed by atoms with van der Waals surface area (Å²) in [5.74, 6) is 1.72. The van der Waals surface area contributed by atoms with Crippen molar-refractivity contribution in [2.75, 3.05) is 26.7 Å². The molecule has 0 saturated heterocycles. The van der Waals surface area contributed by atoms with Crippen LogP contribution in [0, 0.1) is 5.92 Å². The number of rotatable bonds is 7. The van der Waals surface area contributed by atoms with E-state index in [2.05, 4.69) is 11.9 Å². The lowest BCUT2D eigenvalue weighted by Gasteiger charge is -2.26. The summed E-state index contributed by atoms with van der Waals surface area (Å²) in [7, 11) is 2.18. The number of hydrogen-bond acceptors (Lipinski definition) is 3. The smallest absolute Gasteiger partial charge is 0.120 e. The first-order valence-electron chi connectivity index (χ1n) is 7.86. The Labute approximate surface area is 133 Å². The van der Waals surface area contributed by atoms with E-state index in [0.29, 0.717) is 11.6 Å². The third-order valence-electron chi connectivity index (χ3n) is 4.15. The predicted molar refractivity (Wildman–Crippen MR) is 91.9 cm³/mol. The van der Waals surface area contributed by atoms with Gasteiger partial charge in [0, 0.05) is 18.7 Å². The van der Waals surface area contributed by atoms with Crippen LogP contribution < -0.4 is 10.5 Å². The molecule has 1 fully saturated rings. The van der Waals surface area contributed by atoms with Crippen LogP contribution in [0.5, 0.6) is 5.75 Å². The Morgan fingerprint density at radius 2 is 2.10 bits per heavy atom. The maximum atomic E-state index is 5.80. The van der Waals surface area contributed by atoms with E-state index in [1.807, 2.05) is 24.3 Å². The van der Waals surface area contributed by atoms with Crippen molar-refractivity contribution < 1.29 is 4.74 Å². The second kappa shape index (κ2) is 8.35. The summed E-state index contributed by atoms with van der Waals surface area (Å²) in [6.07, 6.45) is 7.01. The minimum Gasteiger partial charge on any atom is -0.492 e. The van der Waals surface area contributed by atoms with Gasteiger partial charge >= 0.3 is 0 Å². The Morgan fingerprint density at radius 1 is 1.33 bits per heavy atom. The number of hydrogen-bond donors (Lipinski definition) is 1. The number of thiocarbonyl (C=S) groups is 1. The van der Waals surface area contributed by atoms with Crippen molar-refractivity contribution in [2.24, 2.45) is 11.7 Å². The zero-order valence-electron chi connectivity index (χ0n) is 12.9. The maximum Gasteiger partial charge on any atom is 0.120 e. The van der Waals surface area contributed by atoms with Gasteiger partial charge in [-0.15, -0.1) is 0 Å². The van der Waals surface area contributed by atoms with Crippen LogP contribution in [-0.4, -0.2) is 36.6 Å². The molecule has 0 unspecified atom stereocenters. The molecule has 0 bridgehead atoms. The van der Waals surface area contributed by atoms with Crippen LogP contribution in [-0.2, 0) is 0 Å². The van der Waals surface area contributed by atoms with Crippen LogP contribution in [0.4, 0.5) is 0 Å². The lowest BCUT2D eigenvalue weighted by Crippen LogP contribution is -2.30. The van der Waals surface area contributed by atoms with Crippen molar-refractivity contribution in [3.63, 3.8) is 0 Å². The maximum absolute atomic E-state index is 5.80. The average molecular weight is 306 g/mol. The molecule has 1 aromatic carbocycles. The number of benzene rings is 1. The summed E-state index contributed by atoms with van der Waals surface area (Å²) in [6, 6.07) is 7.69. The number of ether oxygens (including phenoxy) is 1. The third-order valence-corrected chi connectivity index (χ3v) is 4.39. The van der Waals surface area contributed by atoms with Crippen molar-refractivity contribution in [3.8, 4) is 5.75 Å². The quantitative estimate of drug-likeness (QED) is 0.785. The SMILES string of the molecule is CN(CCOc1cccc(C(N)=S)c1)CC1CCCCC1. The van der Waals surface area contributed by atoms with Crippen LogP contribution in [0.3, 0.4) is 0 Å². The highest BCUT2D eigenvalue weighted by atomic mass is 32.1. The minimum absolute atomic E-state index is 0.412. The molecule has 0 spiro atoms. The molecular weight excluding hydrogens is 280 g/mol. The third kappa shape index (κ3) is 5.64. The van der Waals surface area contributed by atoms with E-state index in [9.17, 15) is 0 Å². The molecule has 2 N–H and O–H groups in total. The van der Waals surface area contributed by atoms with Crippen LogP contribution in [0.15, 0.2) is 24.3 Å². The molecule has 116 valence electrons. The Balaban J connectivity index is 1.70. The van der Waals surface area contributed by atoms with Gasteiger partial charge in [-0.05, 0) is 37.9 Å². The molecule has 0 amide bonds. The molecular formula is C17H26N2OS. The van der Waals surface area contributed by atoms with Crippen LogP contribution >= 0.6 is 12.2 Å². The average Bonchev–Trinajstić information content (AvgIpc) is 2.48. The standard InChI is InChI=1S/C17H26N2OS/c1-19(13-14-6-3-2-4-7-14)10-11-20-16-9-5-8-15(12-16)17(18)21/h5,8-9,12,14H,2-4,6-7,10-11,13H2,1H3,(H2,18,21). The molecule has 0 heterocycles. The Hall–Kier alpha value is -1.13. The highest BCUT2D eigenvalue weighted by Gasteiger charge is 2.15. The summed E-state index contributed by atoms with van der Waals surface area (Å²) in [5, 5.41) is 0. The first-order chi connectivity index (χ1) is 10.1. The van der Waals surface area contributed by atoms with Gasteiger partial charge in [0.05, 0.1) is 0 Å². The molecule has 2 rings (SSSR count). The van der Waals surface area contributed by atoms with E-state index < -0.39 is 0 Å². The van der Waals surface area contributed by atoms with Crippen molar-refractivity contribution in [3.05, 3.63) is 29.8 Å². The summed E-state index contributed by atoms with van der Waals surface area (Å²) in [5.41, 5.74) is 6.49. The molecule has 0 aliphatic heterocycles. The molecule has 0 atom stereocenters. The lowest BCUT2D eigenvalue weighted by atomic mass is 9.89. The summed E-state index contributed by atoms with van der Waals surface area (Å²) in [4.78, 5) is 2.79. The van der Waals surface area contributed by atoms with E-state index >= 15 is 0 Å². The topological polar surface area (TPSA) is 38.5 Å².